The second-order valence-corrected chi connectivity index (χ2v) is 6.68. The number of ether oxygens (including phenoxy) is 1. The second kappa shape index (κ2) is 8.75. The van der Waals surface area contributed by atoms with Crippen molar-refractivity contribution in [2.75, 3.05) is 25.0 Å². The lowest BCUT2D eigenvalue weighted by molar-refractivity contribution is -0.141. The van der Waals surface area contributed by atoms with Crippen LogP contribution in [0.3, 0.4) is 0 Å². The Labute approximate surface area is 151 Å². The average Bonchev–Trinajstić information content (AvgIpc) is 2.55. The summed E-state index contributed by atoms with van der Waals surface area (Å²) in [6.07, 6.45) is -0.498. The molecule has 26 heavy (non-hydrogen) atoms. The third-order valence-electron chi connectivity index (χ3n) is 3.91. The molecule has 8 heteroatoms. The number of hydrogen-bond acceptors (Lipinski definition) is 4. The Bertz CT molecular complexity index is 692. The molecule has 2 N–H and O–H groups in total. The Morgan fingerprint density at radius 3 is 2.73 bits per heavy atom. The summed E-state index contributed by atoms with van der Waals surface area (Å²) < 4.78 is 19.6. The molecule has 0 spiro atoms. The summed E-state index contributed by atoms with van der Waals surface area (Å²) in [6, 6.07) is 3.88. The summed E-state index contributed by atoms with van der Waals surface area (Å²) in [7, 11) is 0. The predicted molar refractivity (Wildman–Crippen MR) is 92.4 cm³/mol. The predicted octanol–water partition coefficient (Wildman–Crippen LogP) is 2.13. The molecule has 0 bridgehead atoms. The van der Waals surface area contributed by atoms with E-state index in [0.29, 0.717) is 6.54 Å². The van der Waals surface area contributed by atoms with Crippen molar-refractivity contribution in [1.82, 2.24) is 4.90 Å². The lowest BCUT2D eigenvalue weighted by atomic mass is 10.1. The van der Waals surface area contributed by atoms with Gasteiger partial charge in [0.15, 0.2) is 0 Å². The number of carbonyl (C=O) groups excluding carboxylic acids is 2. The van der Waals surface area contributed by atoms with E-state index in [0.717, 1.165) is 6.07 Å². The molecule has 1 fully saturated rings. The van der Waals surface area contributed by atoms with E-state index >= 15 is 0 Å². The zero-order chi connectivity index (χ0) is 19.3. The molecule has 7 nitrogen and oxygen atoms in total. The van der Waals surface area contributed by atoms with Crippen LogP contribution in [0.4, 0.5) is 10.1 Å². The third-order valence-corrected chi connectivity index (χ3v) is 3.91. The van der Waals surface area contributed by atoms with E-state index in [2.05, 4.69) is 5.32 Å². The average molecular weight is 366 g/mol. The number of rotatable bonds is 6. The van der Waals surface area contributed by atoms with Crippen molar-refractivity contribution in [3.05, 3.63) is 29.6 Å². The number of carbonyl (C=O) groups is 3. The topological polar surface area (TPSA) is 95.9 Å². The first kappa shape index (κ1) is 19.8. The maximum atomic E-state index is 14.2. The first-order valence-corrected chi connectivity index (χ1v) is 8.48. The smallest absolute Gasteiger partial charge is 0.306 e. The molecule has 1 aliphatic heterocycles. The van der Waals surface area contributed by atoms with Gasteiger partial charge in [-0.05, 0) is 24.1 Å². The monoisotopic (exact) mass is 366 g/mol. The largest absolute Gasteiger partial charge is 0.481 e. The molecule has 1 heterocycles. The van der Waals surface area contributed by atoms with Crippen LogP contribution in [-0.4, -0.2) is 53.6 Å². The number of carboxylic acids is 1. The minimum absolute atomic E-state index is 0.0259. The molecule has 2 amide bonds. The van der Waals surface area contributed by atoms with Crippen LogP contribution in [0.25, 0.3) is 0 Å². The van der Waals surface area contributed by atoms with Gasteiger partial charge in [-0.1, -0.05) is 13.8 Å². The highest BCUT2D eigenvalue weighted by molar-refractivity contribution is 5.96. The van der Waals surface area contributed by atoms with Gasteiger partial charge in [0.2, 0.25) is 5.91 Å². The van der Waals surface area contributed by atoms with Gasteiger partial charge in [-0.25, -0.2) is 4.39 Å². The van der Waals surface area contributed by atoms with Gasteiger partial charge in [-0.3, -0.25) is 14.4 Å². The van der Waals surface area contributed by atoms with Crippen molar-refractivity contribution in [2.24, 2.45) is 5.92 Å². The summed E-state index contributed by atoms with van der Waals surface area (Å²) in [6.45, 7) is 4.45. The summed E-state index contributed by atoms with van der Waals surface area (Å²) in [5.41, 5.74) is 0.165. The fourth-order valence-electron chi connectivity index (χ4n) is 2.73. The van der Waals surface area contributed by atoms with Crippen LogP contribution in [0.5, 0.6) is 0 Å². The second-order valence-electron chi connectivity index (χ2n) is 6.68. The van der Waals surface area contributed by atoms with Crippen molar-refractivity contribution in [2.45, 2.75) is 32.8 Å². The molecule has 1 saturated heterocycles. The maximum absolute atomic E-state index is 14.2. The highest BCUT2D eigenvalue weighted by atomic mass is 19.1. The Hall–Kier alpha value is -2.48. The lowest BCUT2D eigenvalue weighted by Gasteiger charge is -2.32. The van der Waals surface area contributed by atoms with Crippen molar-refractivity contribution in [3.63, 3.8) is 0 Å². The number of amides is 2. The van der Waals surface area contributed by atoms with Crippen LogP contribution in [0.15, 0.2) is 18.2 Å². The van der Waals surface area contributed by atoms with E-state index in [4.69, 9.17) is 9.84 Å². The number of benzene rings is 1. The number of aliphatic carboxylic acids is 1. The maximum Gasteiger partial charge on any atom is 0.306 e. The van der Waals surface area contributed by atoms with E-state index < -0.39 is 23.8 Å². The minimum Gasteiger partial charge on any atom is -0.481 e. The molecule has 0 radical (unpaired) electrons. The molecule has 142 valence electrons. The fraction of sp³-hybridized carbons (Fsp3) is 0.500. The summed E-state index contributed by atoms with van der Waals surface area (Å²) in [4.78, 5) is 36.5. The standard InChI is InChI=1S/C18H23FN2O5/c1-11(2)7-16(22)20-15-4-3-12(8-14(15)19)18(25)21-5-6-26-13(10-21)9-17(23)24/h3-4,8,11,13H,5-7,9-10H2,1-2H3,(H,20,22)(H,23,24). The number of morpholine rings is 1. The van der Waals surface area contributed by atoms with Gasteiger partial charge >= 0.3 is 5.97 Å². The molecule has 0 aliphatic carbocycles. The van der Waals surface area contributed by atoms with Gasteiger partial charge in [0.25, 0.3) is 5.91 Å². The molecule has 1 atom stereocenters. The number of nitrogens with one attached hydrogen (secondary N) is 1. The van der Waals surface area contributed by atoms with Crippen LogP contribution >= 0.6 is 0 Å². The van der Waals surface area contributed by atoms with Crippen LogP contribution in [-0.2, 0) is 14.3 Å². The number of carboxylic acid groups (broad SMARTS) is 1. The zero-order valence-corrected chi connectivity index (χ0v) is 14.8. The van der Waals surface area contributed by atoms with Crippen LogP contribution in [0, 0.1) is 11.7 Å². The Kier molecular flexibility index (Phi) is 6.68. The van der Waals surface area contributed by atoms with E-state index in [1.54, 1.807) is 0 Å². The van der Waals surface area contributed by atoms with Gasteiger partial charge in [0.1, 0.15) is 5.82 Å². The lowest BCUT2D eigenvalue weighted by Crippen LogP contribution is -2.46. The molecule has 1 aromatic rings. The van der Waals surface area contributed by atoms with E-state index in [9.17, 15) is 18.8 Å². The third kappa shape index (κ3) is 5.52. The molecule has 1 aromatic carbocycles. The van der Waals surface area contributed by atoms with Gasteiger partial charge in [0.05, 0.1) is 24.8 Å². The SMILES string of the molecule is CC(C)CC(=O)Nc1ccc(C(=O)N2CCOC(CC(=O)O)C2)cc1F. The van der Waals surface area contributed by atoms with Crippen LogP contribution in [0.1, 0.15) is 37.0 Å². The minimum atomic E-state index is -1.00. The molecule has 0 saturated carbocycles. The van der Waals surface area contributed by atoms with Crippen LogP contribution < -0.4 is 5.32 Å². The van der Waals surface area contributed by atoms with Gasteiger partial charge < -0.3 is 20.1 Å². The summed E-state index contributed by atoms with van der Waals surface area (Å²) >= 11 is 0. The van der Waals surface area contributed by atoms with Crippen molar-refractivity contribution in [3.8, 4) is 0 Å². The normalized spacial score (nSPS) is 17.2. The highest BCUT2D eigenvalue weighted by Gasteiger charge is 2.27. The highest BCUT2D eigenvalue weighted by Crippen LogP contribution is 2.19. The molecule has 2 rings (SSSR count). The quantitative estimate of drug-likeness (QED) is 0.804. The molecular weight excluding hydrogens is 343 g/mol. The Morgan fingerprint density at radius 2 is 2.12 bits per heavy atom. The summed E-state index contributed by atoms with van der Waals surface area (Å²) in [5.74, 6) is -2.23. The number of halogens is 1. The van der Waals surface area contributed by atoms with Gasteiger partial charge in [-0.15, -0.1) is 0 Å². The fourth-order valence-corrected chi connectivity index (χ4v) is 2.73. The molecule has 1 aliphatic rings. The number of hydrogen-bond donors (Lipinski definition) is 2. The summed E-state index contributed by atoms with van der Waals surface area (Å²) in [5, 5.41) is 11.3. The van der Waals surface area contributed by atoms with Crippen molar-refractivity contribution < 1.29 is 28.6 Å². The first-order chi connectivity index (χ1) is 12.3. The Morgan fingerprint density at radius 1 is 1.38 bits per heavy atom. The van der Waals surface area contributed by atoms with Crippen molar-refractivity contribution >= 4 is 23.5 Å². The van der Waals surface area contributed by atoms with Gasteiger partial charge in [0, 0.05) is 25.1 Å². The molecular formula is C18H23FN2O5. The number of nitrogens with zero attached hydrogens (tertiary/aromatic N) is 1. The van der Waals surface area contributed by atoms with Crippen LogP contribution in [0.2, 0.25) is 0 Å². The van der Waals surface area contributed by atoms with E-state index in [-0.39, 0.29) is 49.1 Å². The first-order valence-electron chi connectivity index (χ1n) is 8.48. The number of anilines is 1. The zero-order valence-electron chi connectivity index (χ0n) is 14.8. The molecule has 1 unspecified atom stereocenters. The van der Waals surface area contributed by atoms with Gasteiger partial charge in [-0.2, -0.15) is 0 Å². The Balaban J connectivity index is 2.04. The van der Waals surface area contributed by atoms with E-state index in [1.807, 2.05) is 13.8 Å². The molecule has 0 aromatic heterocycles. The van der Waals surface area contributed by atoms with Crippen molar-refractivity contribution in [1.29, 1.82) is 0 Å². The van der Waals surface area contributed by atoms with E-state index in [1.165, 1.54) is 17.0 Å².